The van der Waals surface area contributed by atoms with Gasteiger partial charge in [0.15, 0.2) is 0 Å². The van der Waals surface area contributed by atoms with Crippen LogP contribution in [0.1, 0.15) is 15.9 Å². The first kappa shape index (κ1) is 12.1. The summed E-state index contributed by atoms with van der Waals surface area (Å²) in [6.07, 6.45) is 0. The summed E-state index contributed by atoms with van der Waals surface area (Å²) >= 11 is 0. The van der Waals surface area contributed by atoms with Crippen LogP contribution < -0.4 is 0 Å². The molecule has 0 aliphatic carbocycles. The molecule has 86 valence electrons. The van der Waals surface area contributed by atoms with Crippen molar-refractivity contribution in [3.05, 3.63) is 39.4 Å². The van der Waals surface area contributed by atoms with Gasteiger partial charge in [-0.2, -0.15) is 0 Å². The van der Waals surface area contributed by atoms with Gasteiger partial charge in [-0.25, -0.2) is 0 Å². The van der Waals surface area contributed by atoms with E-state index in [0.717, 1.165) is 4.90 Å². The minimum atomic E-state index is -0.590. The van der Waals surface area contributed by atoms with Crippen molar-refractivity contribution in [1.29, 1.82) is 0 Å². The summed E-state index contributed by atoms with van der Waals surface area (Å²) < 4.78 is 0. The maximum atomic E-state index is 11.7. The van der Waals surface area contributed by atoms with E-state index in [0.29, 0.717) is 5.56 Å². The van der Waals surface area contributed by atoms with Crippen LogP contribution in [0.5, 0.6) is 0 Å². The first-order valence-electron chi connectivity index (χ1n) is 4.59. The Morgan fingerprint density at radius 2 is 2.19 bits per heavy atom. The molecular formula is C10H12N2O4. The van der Waals surface area contributed by atoms with Gasteiger partial charge in [0.25, 0.3) is 11.6 Å². The van der Waals surface area contributed by atoms with E-state index < -0.39 is 17.6 Å². The highest BCUT2D eigenvalue weighted by Crippen LogP contribution is 2.23. The second kappa shape index (κ2) is 4.71. The fourth-order valence-corrected chi connectivity index (χ4v) is 1.34. The number of hydrogen-bond donors (Lipinski definition) is 1. The number of aryl methyl sites for hydroxylation is 1. The first-order chi connectivity index (χ1) is 7.49. The molecule has 0 aliphatic heterocycles. The third-order valence-electron chi connectivity index (χ3n) is 2.21. The average Bonchev–Trinajstić information content (AvgIpc) is 2.26. The van der Waals surface area contributed by atoms with Gasteiger partial charge in [-0.15, -0.1) is 0 Å². The zero-order chi connectivity index (χ0) is 12.3. The van der Waals surface area contributed by atoms with E-state index in [1.54, 1.807) is 19.1 Å². The van der Waals surface area contributed by atoms with Gasteiger partial charge in [0, 0.05) is 12.6 Å². The maximum Gasteiger partial charge on any atom is 0.285 e. The van der Waals surface area contributed by atoms with Crippen LogP contribution in [0.25, 0.3) is 0 Å². The molecule has 0 bridgehead atoms. The van der Waals surface area contributed by atoms with Gasteiger partial charge in [-0.3, -0.25) is 14.9 Å². The number of carbonyl (C=O) groups excluding carboxylic acids is 1. The van der Waals surface area contributed by atoms with Crippen molar-refractivity contribution in [3.8, 4) is 0 Å². The smallest absolute Gasteiger partial charge is 0.285 e. The Balaban J connectivity index is 3.28. The summed E-state index contributed by atoms with van der Waals surface area (Å²) in [7, 11) is 1.37. The van der Waals surface area contributed by atoms with E-state index in [4.69, 9.17) is 5.11 Å². The topological polar surface area (TPSA) is 83.7 Å². The second-order valence-corrected chi connectivity index (χ2v) is 3.37. The van der Waals surface area contributed by atoms with Crippen LogP contribution in [0.15, 0.2) is 18.2 Å². The third-order valence-corrected chi connectivity index (χ3v) is 2.21. The Hall–Kier alpha value is -1.95. The first-order valence-corrected chi connectivity index (χ1v) is 4.59. The summed E-state index contributed by atoms with van der Waals surface area (Å²) in [5, 5.41) is 19.6. The molecule has 0 fully saturated rings. The number of carbonyl (C=O) groups is 1. The van der Waals surface area contributed by atoms with E-state index in [-0.39, 0.29) is 11.3 Å². The minimum Gasteiger partial charge on any atom is -0.376 e. The molecule has 1 rings (SSSR count). The van der Waals surface area contributed by atoms with Crippen LogP contribution in [0, 0.1) is 17.0 Å². The van der Waals surface area contributed by atoms with E-state index in [9.17, 15) is 14.9 Å². The molecule has 0 spiro atoms. The summed E-state index contributed by atoms with van der Waals surface area (Å²) in [5.41, 5.74) is 0.191. The highest BCUT2D eigenvalue weighted by Gasteiger charge is 2.24. The van der Waals surface area contributed by atoms with Gasteiger partial charge in [0.05, 0.1) is 4.92 Å². The van der Waals surface area contributed by atoms with Gasteiger partial charge < -0.3 is 10.0 Å². The molecule has 16 heavy (non-hydrogen) atoms. The summed E-state index contributed by atoms with van der Waals surface area (Å²) in [6.45, 7) is 1.08. The van der Waals surface area contributed by atoms with Gasteiger partial charge >= 0.3 is 0 Å². The Kier molecular flexibility index (Phi) is 3.57. The van der Waals surface area contributed by atoms with Crippen LogP contribution in [-0.4, -0.2) is 34.6 Å². The quantitative estimate of drug-likeness (QED) is 0.470. The minimum absolute atomic E-state index is 0.0125. The molecule has 0 saturated heterocycles. The normalized spacial score (nSPS) is 9.94. The maximum absolute atomic E-state index is 11.7. The molecule has 0 aromatic heterocycles. The molecule has 0 unspecified atom stereocenters. The van der Waals surface area contributed by atoms with Crippen LogP contribution in [0.3, 0.4) is 0 Å². The predicted molar refractivity (Wildman–Crippen MR) is 57.0 cm³/mol. The zero-order valence-corrected chi connectivity index (χ0v) is 9.01. The van der Waals surface area contributed by atoms with Gasteiger partial charge in [-0.1, -0.05) is 12.1 Å². The number of aliphatic hydroxyl groups is 1. The molecule has 0 saturated carbocycles. The second-order valence-electron chi connectivity index (χ2n) is 3.37. The number of nitrogens with zero attached hydrogens (tertiary/aromatic N) is 2. The van der Waals surface area contributed by atoms with Crippen molar-refractivity contribution in [1.82, 2.24) is 4.90 Å². The lowest BCUT2D eigenvalue weighted by molar-refractivity contribution is -0.385. The van der Waals surface area contributed by atoms with Crippen molar-refractivity contribution >= 4 is 11.6 Å². The highest BCUT2D eigenvalue weighted by atomic mass is 16.6. The number of hydrogen-bond acceptors (Lipinski definition) is 4. The Morgan fingerprint density at radius 1 is 1.56 bits per heavy atom. The molecule has 1 amide bonds. The van der Waals surface area contributed by atoms with Crippen molar-refractivity contribution in [2.24, 2.45) is 0 Å². The monoisotopic (exact) mass is 224 g/mol. The highest BCUT2D eigenvalue weighted by molar-refractivity contribution is 5.98. The Labute approximate surface area is 92.3 Å². The van der Waals surface area contributed by atoms with Gasteiger partial charge in [-0.05, 0) is 13.0 Å². The van der Waals surface area contributed by atoms with Crippen LogP contribution in [0.4, 0.5) is 5.69 Å². The lowest BCUT2D eigenvalue weighted by atomic mass is 10.1. The SMILES string of the molecule is Cc1cccc(C(=O)N(C)CO)c1[N+](=O)[O-]. The molecule has 1 aromatic carbocycles. The predicted octanol–water partition coefficient (Wildman–Crippen LogP) is 0.925. The van der Waals surface area contributed by atoms with Gasteiger partial charge in [0.1, 0.15) is 12.3 Å². The van der Waals surface area contributed by atoms with E-state index in [1.807, 2.05) is 0 Å². The number of aliphatic hydroxyl groups excluding tert-OH is 1. The van der Waals surface area contributed by atoms with Crippen molar-refractivity contribution < 1.29 is 14.8 Å². The fourth-order valence-electron chi connectivity index (χ4n) is 1.34. The number of para-hydroxylation sites is 1. The molecule has 6 heteroatoms. The lowest BCUT2D eigenvalue weighted by Gasteiger charge is -2.13. The molecular weight excluding hydrogens is 212 g/mol. The molecule has 0 radical (unpaired) electrons. The molecule has 0 atom stereocenters. The summed E-state index contributed by atoms with van der Waals surface area (Å²) in [5.74, 6) is -0.571. The van der Waals surface area contributed by atoms with Crippen LogP contribution in [0.2, 0.25) is 0 Å². The van der Waals surface area contributed by atoms with E-state index in [1.165, 1.54) is 13.1 Å². The van der Waals surface area contributed by atoms with E-state index >= 15 is 0 Å². The lowest BCUT2D eigenvalue weighted by Crippen LogP contribution is -2.28. The number of nitro benzene ring substituents is 1. The number of benzene rings is 1. The third kappa shape index (κ3) is 2.17. The Morgan fingerprint density at radius 3 is 2.69 bits per heavy atom. The fraction of sp³-hybridized carbons (Fsp3) is 0.300. The number of nitro groups is 1. The molecule has 0 heterocycles. The molecule has 6 nitrogen and oxygen atoms in total. The summed E-state index contributed by atoms with van der Waals surface area (Å²) in [4.78, 5) is 23.0. The van der Waals surface area contributed by atoms with Crippen molar-refractivity contribution in [3.63, 3.8) is 0 Å². The standard InChI is InChI=1S/C10H12N2O4/c1-7-4-3-5-8(9(7)12(15)16)10(14)11(2)6-13/h3-5,13H,6H2,1-2H3. The van der Waals surface area contributed by atoms with Crippen molar-refractivity contribution in [2.45, 2.75) is 6.92 Å². The molecule has 1 aromatic rings. The number of rotatable bonds is 3. The number of amides is 1. The average molecular weight is 224 g/mol. The van der Waals surface area contributed by atoms with Crippen molar-refractivity contribution in [2.75, 3.05) is 13.8 Å². The van der Waals surface area contributed by atoms with E-state index in [2.05, 4.69) is 0 Å². The summed E-state index contributed by atoms with van der Waals surface area (Å²) in [6, 6.07) is 4.51. The van der Waals surface area contributed by atoms with Crippen LogP contribution in [-0.2, 0) is 0 Å². The van der Waals surface area contributed by atoms with Gasteiger partial charge in [0.2, 0.25) is 0 Å². The van der Waals surface area contributed by atoms with Crippen LogP contribution >= 0.6 is 0 Å². The molecule has 0 aliphatic rings. The largest absolute Gasteiger partial charge is 0.376 e. The molecule has 1 N–H and O–H groups in total. The Bertz CT molecular complexity index is 431. The zero-order valence-electron chi connectivity index (χ0n) is 9.01.